The van der Waals surface area contributed by atoms with Crippen LogP contribution in [0.4, 0.5) is 0 Å². The number of hydrogen-bond acceptors (Lipinski definition) is 2. The van der Waals surface area contributed by atoms with Crippen LogP contribution in [0.5, 0.6) is 0 Å². The van der Waals surface area contributed by atoms with Gasteiger partial charge in [-0.25, -0.2) is 4.98 Å². The van der Waals surface area contributed by atoms with Crippen LogP contribution in [-0.4, -0.2) is 22.0 Å². The van der Waals surface area contributed by atoms with Gasteiger partial charge in [0.2, 0.25) is 5.91 Å². The van der Waals surface area contributed by atoms with E-state index in [0.717, 1.165) is 30.9 Å². The Kier molecular flexibility index (Phi) is 4.34. The van der Waals surface area contributed by atoms with Crippen LogP contribution in [0.15, 0.2) is 6.20 Å². The van der Waals surface area contributed by atoms with Crippen molar-refractivity contribution in [2.24, 2.45) is 0 Å². The molecule has 15 heavy (non-hydrogen) atoms. The molecular formula is C11H19N3O. The van der Waals surface area contributed by atoms with Crippen LogP contribution in [0.1, 0.15) is 31.8 Å². The molecule has 0 aliphatic carbocycles. The van der Waals surface area contributed by atoms with Crippen LogP contribution < -0.4 is 5.32 Å². The highest BCUT2D eigenvalue weighted by Gasteiger charge is 2.06. The monoisotopic (exact) mass is 209 g/mol. The fourth-order valence-corrected chi connectivity index (χ4v) is 1.38. The van der Waals surface area contributed by atoms with Crippen LogP contribution in [0, 0.1) is 6.92 Å². The zero-order valence-corrected chi connectivity index (χ0v) is 9.71. The quantitative estimate of drug-likeness (QED) is 0.794. The van der Waals surface area contributed by atoms with Crippen LogP contribution in [0.2, 0.25) is 0 Å². The van der Waals surface area contributed by atoms with Gasteiger partial charge in [0.15, 0.2) is 0 Å². The summed E-state index contributed by atoms with van der Waals surface area (Å²) in [4.78, 5) is 15.8. The Hall–Kier alpha value is -1.32. The van der Waals surface area contributed by atoms with Gasteiger partial charge in [-0.3, -0.25) is 4.79 Å². The summed E-state index contributed by atoms with van der Waals surface area (Å²) in [6.45, 7) is 7.14. The number of imidazole rings is 1. The average molecular weight is 209 g/mol. The first-order valence-electron chi connectivity index (χ1n) is 5.46. The summed E-state index contributed by atoms with van der Waals surface area (Å²) in [5.41, 5.74) is 1.04. The molecule has 84 valence electrons. The van der Waals surface area contributed by atoms with Crippen molar-refractivity contribution >= 4 is 5.91 Å². The summed E-state index contributed by atoms with van der Waals surface area (Å²) in [5, 5.41) is 2.85. The van der Waals surface area contributed by atoms with Crippen LogP contribution in [0.3, 0.4) is 0 Å². The van der Waals surface area contributed by atoms with Gasteiger partial charge in [0.1, 0.15) is 12.4 Å². The molecule has 1 aromatic heterocycles. The number of hydrogen-bond donors (Lipinski definition) is 1. The van der Waals surface area contributed by atoms with E-state index in [2.05, 4.69) is 17.2 Å². The molecule has 4 heteroatoms. The Morgan fingerprint density at radius 2 is 2.27 bits per heavy atom. The number of nitrogens with one attached hydrogen (secondary N) is 1. The number of aromatic nitrogens is 2. The third kappa shape index (κ3) is 3.38. The topological polar surface area (TPSA) is 46.9 Å². The van der Waals surface area contributed by atoms with E-state index in [1.165, 1.54) is 0 Å². The molecule has 0 spiro atoms. The molecule has 0 fully saturated rings. The van der Waals surface area contributed by atoms with Crippen molar-refractivity contribution in [3.8, 4) is 0 Å². The minimum absolute atomic E-state index is 0.0556. The lowest BCUT2D eigenvalue weighted by molar-refractivity contribution is -0.121. The first-order valence-corrected chi connectivity index (χ1v) is 5.46. The molecule has 0 aromatic carbocycles. The second kappa shape index (κ2) is 5.53. The van der Waals surface area contributed by atoms with Gasteiger partial charge in [0, 0.05) is 12.7 Å². The SMILES string of the molecule is CCCNC(=O)Cn1cc(CC)nc1C. The predicted molar refractivity (Wildman–Crippen MR) is 59.6 cm³/mol. The van der Waals surface area contributed by atoms with E-state index < -0.39 is 0 Å². The number of rotatable bonds is 5. The highest BCUT2D eigenvalue weighted by molar-refractivity contribution is 5.75. The molecule has 1 N–H and O–H groups in total. The predicted octanol–water partition coefficient (Wildman–Crippen LogP) is 1.28. The number of carbonyl (C=O) groups is 1. The molecule has 0 saturated heterocycles. The zero-order chi connectivity index (χ0) is 11.3. The number of amides is 1. The van der Waals surface area contributed by atoms with Gasteiger partial charge in [0.25, 0.3) is 0 Å². The van der Waals surface area contributed by atoms with Crippen molar-refractivity contribution in [1.82, 2.24) is 14.9 Å². The van der Waals surface area contributed by atoms with E-state index in [1.807, 2.05) is 24.6 Å². The summed E-state index contributed by atoms with van der Waals surface area (Å²) >= 11 is 0. The van der Waals surface area contributed by atoms with Gasteiger partial charge in [-0.2, -0.15) is 0 Å². The largest absolute Gasteiger partial charge is 0.355 e. The number of carbonyl (C=O) groups excluding carboxylic acids is 1. The Balaban J connectivity index is 2.55. The van der Waals surface area contributed by atoms with Crippen LogP contribution in [-0.2, 0) is 17.8 Å². The van der Waals surface area contributed by atoms with Crippen molar-refractivity contribution in [2.75, 3.05) is 6.54 Å². The third-order valence-corrected chi connectivity index (χ3v) is 2.27. The number of aryl methyl sites for hydroxylation is 2. The van der Waals surface area contributed by atoms with Crippen molar-refractivity contribution in [1.29, 1.82) is 0 Å². The molecule has 0 atom stereocenters. The molecule has 4 nitrogen and oxygen atoms in total. The van der Waals surface area contributed by atoms with Gasteiger partial charge in [0.05, 0.1) is 5.69 Å². The molecule has 0 saturated carbocycles. The summed E-state index contributed by atoms with van der Waals surface area (Å²) < 4.78 is 1.89. The standard InChI is InChI=1S/C11H19N3O/c1-4-6-12-11(15)8-14-7-10(5-2)13-9(14)3/h7H,4-6,8H2,1-3H3,(H,12,15). The molecule has 0 unspecified atom stereocenters. The van der Waals surface area contributed by atoms with Crippen molar-refractivity contribution < 1.29 is 4.79 Å². The van der Waals surface area contributed by atoms with Gasteiger partial charge < -0.3 is 9.88 Å². The maximum atomic E-state index is 11.5. The molecule has 1 heterocycles. The lowest BCUT2D eigenvalue weighted by Crippen LogP contribution is -2.28. The molecular weight excluding hydrogens is 190 g/mol. The average Bonchev–Trinajstić information content (AvgIpc) is 2.57. The Bertz CT molecular complexity index is 331. The Labute approximate surface area is 90.7 Å². The van der Waals surface area contributed by atoms with E-state index in [9.17, 15) is 4.79 Å². The lowest BCUT2D eigenvalue weighted by atomic mass is 10.4. The fourth-order valence-electron chi connectivity index (χ4n) is 1.38. The Morgan fingerprint density at radius 3 is 2.80 bits per heavy atom. The lowest BCUT2D eigenvalue weighted by Gasteiger charge is -2.05. The summed E-state index contributed by atoms with van der Waals surface area (Å²) in [6.07, 6.45) is 3.82. The normalized spacial score (nSPS) is 10.3. The highest BCUT2D eigenvalue weighted by Crippen LogP contribution is 2.02. The maximum Gasteiger partial charge on any atom is 0.239 e. The second-order valence-electron chi connectivity index (χ2n) is 3.61. The van der Waals surface area contributed by atoms with E-state index in [1.54, 1.807) is 0 Å². The second-order valence-corrected chi connectivity index (χ2v) is 3.61. The van der Waals surface area contributed by atoms with Crippen LogP contribution >= 0.6 is 0 Å². The zero-order valence-electron chi connectivity index (χ0n) is 9.71. The first kappa shape index (κ1) is 11.8. The molecule has 0 aliphatic rings. The first-order chi connectivity index (χ1) is 7.17. The van der Waals surface area contributed by atoms with E-state index in [4.69, 9.17) is 0 Å². The van der Waals surface area contributed by atoms with E-state index in [0.29, 0.717) is 6.54 Å². The van der Waals surface area contributed by atoms with Gasteiger partial charge in [-0.15, -0.1) is 0 Å². The highest BCUT2D eigenvalue weighted by atomic mass is 16.1. The van der Waals surface area contributed by atoms with Crippen molar-refractivity contribution in [3.05, 3.63) is 17.7 Å². The van der Waals surface area contributed by atoms with Gasteiger partial charge in [-0.05, 0) is 19.8 Å². The smallest absolute Gasteiger partial charge is 0.239 e. The molecule has 0 aliphatic heterocycles. The minimum Gasteiger partial charge on any atom is -0.355 e. The fraction of sp³-hybridized carbons (Fsp3) is 0.636. The molecule has 1 amide bonds. The molecule has 0 radical (unpaired) electrons. The molecule has 0 bridgehead atoms. The van der Waals surface area contributed by atoms with E-state index in [-0.39, 0.29) is 5.91 Å². The minimum atomic E-state index is 0.0556. The Morgan fingerprint density at radius 1 is 1.53 bits per heavy atom. The number of nitrogens with zero attached hydrogens (tertiary/aromatic N) is 2. The van der Waals surface area contributed by atoms with Gasteiger partial charge >= 0.3 is 0 Å². The van der Waals surface area contributed by atoms with Crippen molar-refractivity contribution in [2.45, 2.75) is 40.2 Å². The summed E-state index contributed by atoms with van der Waals surface area (Å²) in [7, 11) is 0. The van der Waals surface area contributed by atoms with Crippen LogP contribution in [0.25, 0.3) is 0 Å². The summed E-state index contributed by atoms with van der Waals surface area (Å²) in [5.74, 6) is 0.957. The molecule has 1 aromatic rings. The van der Waals surface area contributed by atoms with E-state index >= 15 is 0 Å². The van der Waals surface area contributed by atoms with Gasteiger partial charge in [-0.1, -0.05) is 13.8 Å². The third-order valence-electron chi connectivity index (χ3n) is 2.27. The van der Waals surface area contributed by atoms with Crippen molar-refractivity contribution in [3.63, 3.8) is 0 Å². The summed E-state index contributed by atoms with van der Waals surface area (Å²) in [6, 6.07) is 0. The maximum absolute atomic E-state index is 11.5. The molecule has 1 rings (SSSR count).